The molecule has 2 nitrogen and oxygen atoms in total. The van der Waals surface area contributed by atoms with Gasteiger partial charge in [0.15, 0.2) is 0 Å². The van der Waals surface area contributed by atoms with E-state index in [0.717, 1.165) is 0 Å². The van der Waals surface area contributed by atoms with Crippen LogP contribution in [0.3, 0.4) is 0 Å². The first-order valence-corrected chi connectivity index (χ1v) is 6.23. The van der Waals surface area contributed by atoms with Gasteiger partial charge in [0.2, 0.25) is 5.88 Å². The summed E-state index contributed by atoms with van der Waals surface area (Å²) in [7, 11) is 0. The predicted molar refractivity (Wildman–Crippen MR) is 70.3 cm³/mol. The molecule has 2 aromatic rings. The molecule has 0 fully saturated rings. The van der Waals surface area contributed by atoms with Gasteiger partial charge in [0, 0.05) is 12.1 Å². The van der Waals surface area contributed by atoms with E-state index in [2.05, 4.69) is 4.98 Å². The number of ether oxygens (including phenoxy) is 1. The van der Waals surface area contributed by atoms with Crippen LogP contribution in [0.15, 0.2) is 30.3 Å². The van der Waals surface area contributed by atoms with Crippen LogP contribution in [0.25, 0.3) is 0 Å². The minimum Gasteiger partial charge on any atom is -0.439 e. The smallest absolute Gasteiger partial charge is 0.219 e. The second kappa shape index (κ2) is 5.74. The number of benzene rings is 1. The van der Waals surface area contributed by atoms with Crippen LogP contribution in [0, 0.1) is 5.82 Å². The van der Waals surface area contributed by atoms with Gasteiger partial charge in [-0.15, -0.1) is 11.6 Å². The summed E-state index contributed by atoms with van der Waals surface area (Å²) < 4.78 is 18.6. The zero-order valence-electron chi connectivity index (χ0n) is 8.96. The first kappa shape index (κ1) is 13.4. The molecule has 0 saturated carbocycles. The monoisotopic (exact) mass is 305 g/mol. The number of rotatable bonds is 3. The Morgan fingerprint density at radius 2 is 1.83 bits per heavy atom. The average Bonchev–Trinajstić information content (AvgIpc) is 2.36. The average molecular weight is 307 g/mol. The maximum Gasteiger partial charge on any atom is 0.219 e. The molecule has 0 radical (unpaired) electrons. The molecule has 0 amide bonds. The van der Waals surface area contributed by atoms with E-state index in [-0.39, 0.29) is 16.8 Å². The lowest BCUT2D eigenvalue weighted by Gasteiger charge is -2.07. The molecule has 0 aliphatic rings. The second-order valence-corrected chi connectivity index (χ2v) is 4.47. The summed E-state index contributed by atoms with van der Waals surface area (Å²) in [5, 5.41) is 0.493. The van der Waals surface area contributed by atoms with Gasteiger partial charge >= 0.3 is 0 Å². The van der Waals surface area contributed by atoms with Gasteiger partial charge in [0.05, 0.1) is 21.6 Å². The van der Waals surface area contributed by atoms with Crippen molar-refractivity contribution in [1.82, 2.24) is 4.98 Å². The summed E-state index contributed by atoms with van der Waals surface area (Å²) in [4.78, 5) is 4.10. The first-order chi connectivity index (χ1) is 8.60. The molecular formula is C12H7Cl3FNO. The van der Waals surface area contributed by atoms with Crippen molar-refractivity contribution in [2.75, 3.05) is 0 Å². The summed E-state index contributed by atoms with van der Waals surface area (Å²) in [6, 6.07) is 7.32. The zero-order chi connectivity index (χ0) is 13.1. The summed E-state index contributed by atoms with van der Waals surface area (Å²) >= 11 is 17.1. The van der Waals surface area contributed by atoms with Gasteiger partial charge in [-0.05, 0) is 18.2 Å². The van der Waals surface area contributed by atoms with E-state index in [4.69, 9.17) is 39.5 Å². The van der Waals surface area contributed by atoms with Crippen LogP contribution in [-0.2, 0) is 5.88 Å². The highest BCUT2D eigenvalue weighted by molar-refractivity contribution is 6.32. The Kier molecular flexibility index (Phi) is 4.27. The van der Waals surface area contributed by atoms with Gasteiger partial charge in [-0.25, -0.2) is 9.37 Å². The quantitative estimate of drug-likeness (QED) is 0.740. The van der Waals surface area contributed by atoms with Crippen molar-refractivity contribution >= 4 is 34.8 Å². The summed E-state index contributed by atoms with van der Waals surface area (Å²) in [6.07, 6.45) is 0. The Morgan fingerprint density at radius 3 is 2.50 bits per heavy atom. The molecule has 1 aromatic heterocycles. The predicted octanol–water partition coefficient (Wildman–Crippen LogP) is 5.06. The van der Waals surface area contributed by atoms with Gasteiger partial charge in [-0.2, -0.15) is 0 Å². The minimum absolute atomic E-state index is 0.0351. The SMILES string of the molecule is Fc1cc(Oc2ccc(Cl)c(CCl)n2)ccc1Cl. The van der Waals surface area contributed by atoms with E-state index in [9.17, 15) is 4.39 Å². The Balaban J connectivity index is 2.25. The van der Waals surface area contributed by atoms with Gasteiger partial charge in [-0.1, -0.05) is 23.2 Å². The van der Waals surface area contributed by atoms with E-state index in [1.54, 1.807) is 18.2 Å². The van der Waals surface area contributed by atoms with E-state index >= 15 is 0 Å². The van der Waals surface area contributed by atoms with Crippen LogP contribution in [0.1, 0.15) is 5.69 Å². The number of hydrogen-bond acceptors (Lipinski definition) is 2. The minimum atomic E-state index is -0.555. The third-order valence-electron chi connectivity index (χ3n) is 2.13. The van der Waals surface area contributed by atoms with E-state index < -0.39 is 5.82 Å². The molecule has 6 heteroatoms. The molecule has 0 N–H and O–H groups in total. The number of aromatic nitrogens is 1. The number of hydrogen-bond donors (Lipinski definition) is 0. The summed E-state index contributed by atoms with van der Waals surface area (Å²) in [6.45, 7) is 0. The fourth-order valence-corrected chi connectivity index (χ4v) is 1.84. The number of pyridine rings is 1. The molecule has 18 heavy (non-hydrogen) atoms. The highest BCUT2D eigenvalue weighted by Crippen LogP contribution is 2.26. The molecule has 1 aromatic carbocycles. The Morgan fingerprint density at radius 1 is 1.11 bits per heavy atom. The maximum absolute atomic E-state index is 13.2. The molecule has 1 heterocycles. The van der Waals surface area contributed by atoms with Crippen molar-refractivity contribution in [2.45, 2.75) is 5.88 Å². The fraction of sp³-hybridized carbons (Fsp3) is 0.0833. The number of alkyl halides is 1. The maximum atomic E-state index is 13.2. The summed E-state index contributed by atoms with van der Waals surface area (Å²) in [5.41, 5.74) is 0.505. The zero-order valence-corrected chi connectivity index (χ0v) is 11.2. The van der Waals surface area contributed by atoms with Gasteiger partial charge in [0.1, 0.15) is 11.6 Å². The van der Waals surface area contributed by atoms with Gasteiger partial charge in [0.25, 0.3) is 0 Å². The van der Waals surface area contributed by atoms with Gasteiger partial charge in [-0.3, -0.25) is 0 Å². The highest BCUT2D eigenvalue weighted by atomic mass is 35.5. The first-order valence-electron chi connectivity index (χ1n) is 4.94. The lowest BCUT2D eigenvalue weighted by Crippen LogP contribution is -1.93. The molecular weight excluding hydrogens is 299 g/mol. The van der Waals surface area contributed by atoms with Crippen molar-refractivity contribution in [3.63, 3.8) is 0 Å². The molecule has 0 spiro atoms. The molecule has 2 rings (SSSR count). The van der Waals surface area contributed by atoms with E-state index in [0.29, 0.717) is 16.5 Å². The lowest BCUT2D eigenvalue weighted by atomic mass is 10.3. The van der Waals surface area contributed by atoms with Crippen LogP contribution in [0.5, 0.6) is 11.6 Å². The molecule has 0 saturated heterocycles. The number of halogens is 4. The van der Waals surface area contributed by atoms with Crippen molar-refractivity contribution in [3.05, 3.63) is 51.9 Å². The van der Waals surface area contributed by atoms with Gasteiger partial charge < -0.3 is 4.74 Å². The van der Waals surface area contributed by atoms with E-state index in [1.807, 2.05) is 0 Å². The standard InChI is InChI=1S/C12H7Cl3FNO/c13-6-11-9(15)3-4-12(17-11)18-7-1-2-8(14)10(16)5-7/h1-5H,6H2. The molecule has 0 aliphatic carbocycles. The number of nitrogens with zero attached hydrogens (tertiary/aromatic N) is 1. The molecule has 94 valence electrons. The molecule has 0 unspecified atom stereocenters. The Labute approximate surface area is 118 Å². The second-order valence-electron chi connectivity index (χ2n) is 3.39. The normalized spacial score (nSPS) is 10.4. The molecule has 0 bridgehead atoms. The van der Waals surface area contributed by atoms with E-state index in [1.165, 1.54) is 12.1 Å². The Hall–Kier alpha value is -1.03. The van der Waals surface area contributed by atoms with Crippen LogP contribution in [-0.4, -0.2) is 4.98 Å². The summed E-state index contributed by atoms with van der Waals surface area (Å²) in [5.74, 6) is 0.204. The largest absolute Gasteiger partial charge is 0.439 e. The molecule has 0 atom stereocenters. The van der Waals surface area contributed by atoms with Crippen LogP contribution in [0.4, 0.5) is 4.39 Å². The van der Waals surface area contributed by atoms with Crippen molar-refractivity contribution in [2.24, 2.45) is 0 Å². The fourth-order valence-electron chi connectivity index (χ4n) is 1.28. The van der Waals surface area contributed by atoms with Crippen molar-refractivity contribution in [1.29, 1.82) is 0 Å². The van der Waals surface area contributed by atoms with Crippen molar-refractivity contribution < 1.29 is 9.13 Å². The van der Waals surface area contributed by atoms with Crippen LogP contribution >= 0.6 is 34.8 Å². The third-order valence-corrected chi connectivity index (χ3v) is 3.04. The Bertz CT molecular complexity index is 577. The topological polar surface area (TPSA) is 22.1 Å². The lowest BCUT2D eigenvalue weighted by molar-refractivity contribution is 0.457. The van der Waals surface area contributed by atoms with Crippen LogP contribution < -0.4 is 4.74 Å². The van der Waals surface area contributed by atoms with Crippen molar-refractivity contribution in [3.8, 4) is 11.6 Å². The molecule has 0 aliphatic heterocycles. The third kappa shape index (κ3) is 3.05. The van der Waals surface area contributed by atoms with Crippen LogP contribution in [0.2, 0.25) is 10.0 Å². The highest BCUT2D eigenvalue weighted by Gasteiger charge is 2.06.